The van der Waals surface area contributed by atoms with E-state index >= 15 is 0 Å². The first-order chi connectivity index (χ1) is 14.2. The quantitative estimate of drug-likeness (QED) is 0.470. The van der Waals surface area contributed by atoms with Gasteiger partial charge in [0.25, 0.3) is 0 Å². The molecule has 30 heavy (non-hydrogen) atoms. The molecule has 1 aliphatic carbocycles. The number of rotatable bonds is 4. The predicted octanol–water partition coefficient (Wildman–Crippen LogP) is 6.73. The fourth-order valence-electron chi connectivity index (χ4n) is 3.58. The molecular weight excluding hydrogens is 419 g/mol. The van der Waals surface area contributed by atoms with Crippen molar-refractivity contribution in [1.29, 1.82) is 0 Å². The number of hydrogen-bond acceptors (Lipinski definition) is 5. The molecule has 0 unspecified atom stereocenters. The number of anilines is 4. The van der Waals surface area contributed by atoms with Crippen molar-refractivity contribution >= 4 is 52.1 Å². The van der Waals surface area contributed by atoms with E-state index in [0.29, 0.717) is 40.2 Å². The molecule has 1 aromatic heterocycles. The zero-order valence-corrected chi connectivity index (χ0v) is 18.5. The third-order valence-corrected chi connectivity index (χ3v) is 5.74. The molecule has 2 N–H and O–H groups in total. The Morgan fingerprint density at radius 1 is 0.933 bits per heavy atom. The van der Waals surface area contributed by atoms with E-state index < -0.39 is 0 Å². The summed E-state index contributed by atoms with van der Waals surface area (Å²) in [6.45, 7) is 6.10. The molecule has 2 aromatic carbocycles. The van der Waals surface area contributed by atoms with Crippen molar-refractivity contribution in [2.75, 3.05) is 10.6 Å². The van der Waals surface area contributed by atoms with E-state index in [1.165, 1.54) is 0 Å². The van der Waals surface area contributed by atoms with E-state index in [1.54, 1.807) is 12.1 Å². The summed E-state index contributed by atoms with van der Waals surface area (Å²) >= 11 is 12.3. The van der Waals surface area contributed by atoms with Crippen LogP contribution in [0.5, 0.6) is 0 Å². The molecule has 0 spiro atoms. The first-order valence-electron chi connectivity index (χ1n) is 9.70. The van der Waals surface area contributed by atoms with Crippen LogP contribution in [0.3, 0.4) is 0 Å². The number of Topliss-reactive ketones (excluding diaryl/α,β-unsaturated/α-hetero) is 1. The maximum absolute atomic E-state index is 13.0. The van der Waals surface area contributed by atoms with Gasteiger partial charge in [-0.25, -0.2) is 4.98 Å². The molecule has 0 saturated carbocycles. The molecule has 0 fully saturated rings. The number of ketones is 1. The van der Waals surface area contributed by atoms with E-state index in [2.05, 4.69) is 34.4 Å². The maximum atomic E-state index is 13.0. The van der Waals surface area contributed by atoms with Crippen molar-refractivity contribution in [3.05, 3.63) is 69.3 Å². The maximum Gasteiger partial charge on any atom is 0.229 e. The number of nitrogens with zero attached hydrogens (tertiary/aromatic N) is 2. The molecule has 0 bridgehead atoms. The Labute approximate surface area is 185 Å². The van der Waals surface area contributed by atoms with Gasteiger partial charge in [-0.3, -0.25) is 4.79 Å². The summed E-state index contributed by atoms with van der Waals surface area (Å²) in [6, 6.07) is 13.0. The number of halogens is 2. The van der Waals surface area contributed by atoms with Gasteiger partial charge in [-0.2, -0.15) is 4.98 Å². The number of benzene rings is 2. The molecule has 0 radical (unpaired) electrons. The lowest BCUT2D eigenvalue weighted by Crippen LogP contribution is -2.29. The first-order valence-corrected chi connectivity index (χ1v) is 10.5. The number of nitrogens with one attached hydrogen (secondary N) is 2. The Kier molecular flexibility index (Phi) is 5.43. The zero-order chi connectivity index (χ0) is 21.5. The highest BCUT2D eigenvalue weighted by Gasteiger charge is 2.35. The number of carbonyl (C=O) groups excluding carboxylic acids is 1. The van der Waals surface area contributed by atoms with Gasteiger partial charge in [-0.15, -0.1) is 0 Å². The van der Waals surface area contributed by atoms with Crippen LogP contribution in [0, 0.1) is 12.3 Å². The summed E-state index contributed by atoms with van der Waals surface area (Å²) < 4.78 is 0. The van der Waals surface area contributed by atoms with Crippen LogP contribution < -0.4 is 10.6 Å². The largest absolute Gasteiger partial charge is 0.339 e. The molecular formula is C23H22Cl2N4O. The van der Waals surface area contributed by atoms with Crippen LogP contribution in [0.15, 0.2) is 42.5 Å². The third kappa shape index (κ3) is 4.42. The van der Waals surface area contributed by atoms with Crippen LogP contribution in [-0.4, -0.2) is 15.8 Å². The molecule has 0 atom stereocenters. The molecule has 1 aliphatic rings. The van der Waals surface area contributed by atoms with Crippen LogP contribution in [0.2, 0.25) is 10.0 Å². The van der Waals surface area contributed by atoms with Crippen molar-refractivity contribution in [3.63, 3.8) is 0 Å². The minimum Gasteiger partial charge on any atom is -0.339 e. The van der Waals surface area contributed by atoms with Gasteiger partial charge in [0, 0.05) is 27.8 Å². The second-order valence-corrected chi connectivity index (χ2v) is 9.22. The number of aromatic nitrogens is 2. The molecule has 1 heterocycles. The second-order valence-electron chi connectivity index (χ2n) is 8.38. The molecule has 0 aliphatic heterocycles. The fraction of sp³-hybridized carbons (Fsp3) is 0.261. The van der Waals surface area contributed by atoms with Gasteiger partial charge in [-0.1, -0.05) is 43.1 Å². The van der Waals surface area contributed by atoms with Crippen molar-refractivity contribution < 1.29 is 4.79 Å². The molecule has 0 saturated heterocycles. The molecule has 3 aromatic rings. The SMILES string of the molecule is Cc1ccc(Nc2nc(Nc3ccc(Cl)cc3)nc3c2C(=O)CC(C)(C)C3)cc1Cl. The Morgan fingerprint density at radius 2 is 1.63 bits per heavy atom. The Balaban J connectivity index is 1.77. The van der Waals surface area contributed by atoms with Gasteiger partial charge < -0.3 is 10.6 Å². The highest BCUT2D eigenvalue weighted by molar-refractivity contribution is 6.31. The van der Waals surface area contributed by atoms with E-state index in [1.807, 2.05) is 37.3 Å². The standard InChI is InChI=1S/C23H22Cl2N4O/c1-13-4-7-16(10-17(13)25)26-21-20-18(11-23(2,3)12-19(20)30)28-22(29-21)27-15-8-5-14(24)6-9-15/h4-10H,11-12H2,1-3H3,(H2,26,27,28,29). The van der Waals surface area contributed by atoms with Gasteiger partial charge >= 0.3 is 0 Å². The topological polar surface area (TPSA) is 66.9 Å². The predicted molar refractivity (Wildman–Crippen MR) is 123 cm³/mol. The minimum atomic E-state index is -0.152. The van der Waals surface area contributed by atoms with Crippen molar-refractivity contribution in [1.82, 2.24) is 9.97 Å². The number of aryl methyl sites for hydroxylation is 1. The number of hydrogen-bond donors (Lipinski definition) is 2. The van der Waals surface area contributed by atoms with Gasteiger partial charge in [-0.05, 0) is 60.7 Å². The highest BCUT2D eigenvalue weighted by Crippen LogP contribution is 2.38. The van der Waals surface area contributed by atoms with E-state index in [4.69, 9.17) is 23.2 Å². The van der Waals surface area contributed by atoms with Crippen LogP contribution in [0.25, 0.3) is 0 Å². The van der Waals surface area contributed by atoms with Crippen LogP contribution in [-0.2, 0) is 6.42 Å². The number of fused-ring (bicyclic) bond motifs is 1. The summed E-state index contributed by atoms with van der Waals surface area (Å²) in [4.78, 5) is 22.2. The smallest absolute Gasteiger partial charge is 0.229 e. The van der Waals surface area contributed by atoms with Gasteiger partial charge in [0.05, 0.1) is 11.3 Å². The third-order valence-electron chi connectivity index (χ3n) is 5.08. The van der Waals surface area contributed by atoms with Crippen LogP contribution >= 0.6 is 23.2 Å². The van der Waals surface area contributed by atoms with Crippen LogP contribution in [0.1, 0.15) is 41.9 Å². The molecule has 154 valence electrons. The summed E-state index contributed by atoms with van der Waals surface area (Å²) in [6.07, 6.45) is 1.14. The van der Waals surface area contributed by atoms with E-state index in [9.17, 15) is 4.79 Å². The Bertz CT molecular complexity index is 1130. The summed E-state index contributed by atoms with van der Waals surface area (Å²) in [5.74, 6) is 0.944. The second kappa shape index (κ2) is 7.89. The summed E-state index contributed by atoms with van der Waals surface area (Å²) in [7, 11) is 0. The molecule has 0 amide bonds. The minimum absolute atomic E-state index is 0.0417. The normalized spacial score (nSPS) is 14.9. The lowest BCUT2D eigenvalue weighted by atomic mass is 9.75. The van der Waals surface area contributed by atoms with Gasteiger partial charge in [0.1, 0.15) is 5.82 Å². The van der Waals surface area contributed by atoms with Gasteiger partial charge in [0.2, 0.25) is 5.95 Å². The van der Waals surface area contributed by atoms with Crippen molar-refractivity contribution in [3.8, 4) is 0 Å². The first kappa shape index (κ1) is 20.6. The van der Waals surface area contributed by atoms with Gasteiger partial charge in [0.15, 0.2) is 5.78 Å². The number of carbonyl (C=O) groups is 1. The monoisotopic (exact) mass is 440 g/mol. The Morgan fingerprint density at radius 3 is 2.33 bits per heavy atom. The van der Waals surface area contributed by atoms with Crippen molar-refractivity contribution in [2.24, 2.45) is 5.41 Å². The van der Waals surface area contributed by atoms with E-state index in [0.717, 1.165) is 22.6 Å². The van der Waals surface area contributed by atoms with Crippen molar-refractivity contribution in [2.45, 2.75) is 33.6 Å². The highest BCUT2D eigenvalue weighted by atomic mass is 35.5. The van der Waals surface area contributed by atoms with E-state index in [-0.39, 0.29) is 11.2 Å². The lowest BCUT2D eigenvalue weighted by Gasteiger charge is -2.30. The Hall–Kier alpha value is -2.63. The lowest BCUT2D eigenvalue weighted by molar-refractivity contribution is 0.0911. The fourth-order valence-corrected chi connectivity index (χ4v) is 3.89. The summed E-state index contributed by atoms with van der Waals surface area (Å²) in [5.41, 5.74) is 3.69. The van der Waals surface area contributed by atoms with Crippen LogP contribution in [0.4, 0.5) is 23.1 Å². The average Bonchev–Trinajstić information content (AvgIpc) is 2.65. The zero-order valence-electron chi connectivity index (χ0n) is 17.0. The average molecular weight is 441 g/mol. The molecule has 7 heteroatoms. The summed E-state index contributed by atoms with van der Waals surface area (Å²) in [5, 5.41) is 7.79. The molecule has 5 nitrogen and oxygen atoms in total. The molecule has 4 rings (SSSR count).